The van der Waals surface area contributed by atoms with E-state index in [1.165, 1.54) is 0 Å². The number of benzene rings is 1. The van der Waals surface area contributed by atoms with Crippen LogP contribution in [0.15, 0.2) is 24.3 Å². The zero-order valence-electron chi connectivity index (χ0n) is 18.2. The molecule has 0 aromatic heterocycles. The van der Waals surface area contributed by atoms with Crippen molar-refractivity contribution in [2.45, 2.75) is 92.6 Å². The Bertz CT molecular complexity index is 572. The van der Waals surface area contributed by atoms with Crippen molar-refractivity contribution in [1.82, 2.24) is 9.34 Å². The number of rotatable bonds is 10. The molecule has 0 N–H and O–H groups in total. The molecule has 1 unspecified atom stereocenters. The zero-order chi connectivity index (χ0) is 20.9. The van der Waals surface area contributed by atoms with Crippen LogP contribution < -0.4 is 0 Å². The number of nitrogens with zero attached hydrogens (tertiary/aromatic N) is 3. The fraction of sp³-hybridized carbons (Fsp3) is 0.700. The number of hydrogen-bond acceptors (Lipinski definition) is 5. The van der Waals surface area contributed by atoms with E-state index < -0.39 is 8.45 Å². The number of nitro benzene ring substituents is 1. The molecule has 1 atom stereocenters. The summed E-state index contributed by atoms with van der Waals surface area (Å²) in [6.07, 6.45) is -0.377. The molecule has 0 radical (unpaired) electrons. The maximum atomic E-state index is 11.4. The third kappa shape index (κ3) is 6.21. The quantitative estimate of drug-likeness (QED) is 0.270. The van der Waals surface area contributed by atoms with Gasteiger partial charge in [0.25, 0.3) is 5.69 Å². The van der Waals surface area contributed by atoms with Crippen molar-refractivity contribution >= 4 is 14.1 Å². The van der Waals surface area contributed by atoms with Crippen LogP contribution in [0, 0.1) is 10.1 Å². The Hall–Kier alpha value is -1.07. The molecule has 0 saturated heterocycles. The lowest BCUT2D eigenvalue weighted by Gasteiger charge is -2.46. The first-order chi connectivity index (χ1) is 12.5. The molecule has 6 nitrogen and oxygen atoms in total. The van der Waals surface area contributed by atoms with Gasteiger partial charge in [-0.2, -0.15) is 0 Å². The van der Waals surface area contributed by atoms with Gasteiger partial charge in [0, 0.05) is 30.2 Å². The van der Waals surface area contributed by atoms with Crippen molar-refractivity contribution in [3.8, 4) is 0 Å². The first kappa shape index (κ1) is 24.0. The Morgan fingerprint density at radius 2 is 1.26 bits per heavy atom. The second kappa shape index (κ2) is 10.5. The van der Waals surface area contributed by atoms with Gasteiger partial charge >= 0.3 is 0 Å². The van der Waals surface area contributed by atoms with Crippen LogP contribution in [0.2, 0.25) is 0 Å². The minimum absolute atomic E-state index is 0.112. The first-order valence-electron chi connectivity index (χ1n) is 9.75. The molecular weight excluding hydrogens is 361 g/mol. The summed E-state index contributed by atoms with van der Waals surface area (Å²) in [7, 11) is -1.10. The van der Waals surface area contributed by atoms with Crippen LogP contribution in [-0.2, 0) is 4.52 Å². The van der Waals surface area contributed by atoms with E-state index in [0.717, 1.165) is 0 Å². The van der Waals surface area contributed by atoms with Crippen LogP contribution in [0.5, 0.6) is 0 Å². The maximum Gasteiger partial charge on any atom is 0.275 e. The summed E-state index contributed by atoms with van der Waals surface area (Å²) in [4.78, 5) is 11.1. The first-order valence-corrected chi connectivity index (χ1v) is 10.9. The molecule has 0 bridgehead atoms. The SMILES string of the molecule is CC(OP(N(C(C)C)C(C)C)N(C(C)C)C(C)C)c1ccccc1[N+](=O)[O-]. The van der Waals surface area contributed by atoms with Crippen LogP contribution in [0.4, 0.5) is 5.69 Å². The third-order valence-electron chi connectivity index (χ3n) is 4.34. The third-order valence-corrected chi connectivity index (χ3v) is 7.48. The average molecular weight is 398 g/mol. The molecule has 0 saturated carbocycles. The Morgan fingerprint density at radius 3 is 1.63 bits per heavy atom. The number of para-hydroxylation sites is 1. The van der Waals surface area contributed by atoms with Gasteiger partial charge in [-0.3, -0.25) is 10.1 Å². The highest BCUT2D eigenvalue weighted by atomic mass is 31.2. The Morgan fingerprint density at radius 1 is 0.852 bits per heavy atom. The summed E-state index contributed by atoms with van der Waals surface area (Å²) in [6, 6.07) is 8.06. The molecule has 1 aromatic carbocycles. The fourth-order valence-corrected chi connectivity index (χ4v) is 5.84. The Labute approximate surface area is 166 Å². The van der Waals surface area contributed by atoms with Crippen molar-refractivity contribution in [2.75, 3.05) is 0 Å². The minimum atomic E-state index is -1.10. The van der Waals surface area contributed by atoms with E-state index in [2.05, 4.69) is 64.7 Å². The molecule has 1 rings (SSSR count). The van der Waals surface area contributed by atoms with E-state index >= 15 is 0 Å². The van der Waals surface area contributed by atoms with Gasteiger partial charge < -0.3 is 4.52 Å². The van der Waals surface area contributed by atoms with Gasteiger partial charge in [0.05, 0.1) is 16.6 Å². The van der Waals surface area contributed by atoms with Crippen molar-refractivity contribution in [2.24, 2.45) is 0 Å². The van der Waals surface area contributed by atoms with Gasteiger partial charge in [0.1, 0.15) is 0 Å². The molecule has 27 heavy (non-hydrogen) atoms. The molecule has 0 aliphatic rings. The van der Waals surface area contributed by atoms with Crippen LogP contribution in [0.1, 0.15) is 74.0 Å². The predicted octanol–water partition coefficient (Wildman–Crippen LogP) is 6.14. The van der Waals surface area contributed by atoms with Gasteiger partial charge in [-0.25, -0.2) is 9.34 Å². The lowest BCUT2D eigenvalue weighted by Crippen LogP contribution is -2.43. The minimum Gasteiger partial charge on any atom is -0.323 e. The predicted molar refractivity (Wildman–Crippen MR) is 114 cm³/mol. The van der Waals surface area contributed by atoms with Gasteiger partial charge in [-0.15, -0.1) is 0 Å². The van der Waals surface area contributed by atoms with Gasteiger partial charge in [-0.1, -0.05) is 12.1 Å². The lowest BCUT2D eigenvalue weighted by atomic mass is 10.1. The van der Waals surface area contributed by atoms with Crippen LogP contribution in [0.3, 0.4) is 0 Å². The summed E-state index contributed by atoms with van der Waals surface area (Å²) in [5.74, 6) is 0. The van der Waals surface area contributed by atoms with Crippen molar-refractivity contribution in [3.05, 3.63) is 39.9 Å². The number of hydrogen-bond donors (Lipinski definition) is 0. The molecular formula is C20H36N3O3P. The summed E-state index contributed by atoms with van der Waals surface area (Å²) in [5, 5.41) is 11.4. The van der Waals surface area contributed by atoms with Crippen LogP contribution in [-0.4, -0.2) is 38.4 Å². The monoisotopic (exact) mass is 397 g/mol. The molecule has 0 amide bonds. The van der Waals surface area contributed by atoms with Gasteiger partial charge in [-0.05, 0) is 68.4 Å². The Kier molecular flexibility index (Phi) is 9.29. The highest BCUT2D eigenvalue weighted by molar-refractivity contribution is 7.47. The molecule has 0 aliphatic carbocycles. The second-order valence-electron chi connectivity index (χ2n) is 7.95. The second-order valence-corrected chi connectivity index (χ2v) is 9.59. The summed E-state index contributed by atoms with van der Waals surface area (Å²) in [5.41, 5.74) is 0.733. The smallest absolute Gasteiger partial charge is 0.275 e. The van der Waals surface area contributed by atoms with Crippen molar-refractivity contribution in [3.63, 3.8) is 0 Å². The molecule has 0 heterocycles. The Balaban J connectivity index is 3.33. The van der Waals surface area contributed by atoms with E-state index in [0.29, 0.717) is 29.7 Å². The van der Waals surface area contributed by atoms with Gasteiger partial charge in [0.15, 0.2) is 8.45 Å². The van der Waals surface area contributed by atoms with Crippen LogP contribution >= 0.6 is 8.45 Å². The zero-order valence-corrected chi connectivity index (χ0v) is 19.1. The van der Waals surface area contributed by atoms with E-state index in [9.17, 15) is 10.1 Å². The fourth-order valence-electron chi connectivity index (χ4n) is 3.41. The summed E-state index contributed by atoms with van der Waals surface area (Å²) in [6.45, 7) is 19.3. The molecule has 1 aromatic rings. The maximum absolute atomic E-state index is 11.4. The van der Waals surface area contributed by atoms with E-state index in [1.54, 1.807) is 18.2 Å². The summed E-state index contributed by atoms with van der Waals surface area (Å²) < 4.78 is 11.4. The van der Waals surface area contributed by atoms with E-state index in [4.69, 9.17) is 4.52 Å². The van der Waals surface area contributed by atoms with Crippen molar-refractivity contribution < 1.29 is 9.45 Å². The normalized spacial score (nSPS) is 13.8. The molecule has 0 spiro atoms. The average Bonchev–Trinajstić information content (AvgIpc) is 2.53. The van der Waals surface area contributed by atoms with E-state index in [-0.39, 0.29) is 16.7 Å². The van der Waals surface area contributed by atoms with E-state index in [1.807, 2.05) is 13.0 Å². The highest BCUT2D eigenvalue weighted by Gasteiger charge is 2.36. The lowest BCUT2D eigenvalue weighted by molar-refractivity contribution is -0.386. The topological polar surface area (TPSA) is 58.8 Å². The standard InChI is InChI=1S/C20H36N3O3P/c1-14(2)21(15(3)4)27(22(16(5)6)17(7)8)26-18(9)19-12-10-11-13-20(19)23(24)25/h10-18H,1-9H3. The van der Waals surface area contributed by atoms with Crippen molar-refractivity contribution in [1.29, 1.82) is 0 Å². The van der Waals surface area contributed by atoms with Crippen LogP contribution in [0.25, 0.3) is 0 Å². The highest BCUT2D eigenvalue weighted by Crippen LogP contribution is 2.54. The molecule has 154 valence electrons. The number of nitro groups is 1. The molecule has 0 aliphatic heterocycles. The molecule has 7 heteroatoms. The van der Waals surface area contributed by atoms with Gasteiger partial charge in [0.2, 0.25) is 0 Å². The summed E-state index contributed by atoms with van der Waals surface area (Å²) >= 11 is 0. The largest absolute Gasteiger partial charge is 0.323 e. The molecule has 0 fully saturated rings.